The van der Waals surface area contributed by atoms with E-state index >= 15 is 0 Å². The largest absolute Gasteiger partial charge is 0.481 e. The van der Waals surface area contributed by atoms with E-state index in [4.69, 9.17) is 10.8 Å². The number of carbonyl (C=O) groups is 1. The molecular formula is C8H16N2O2. The Labute approximate surface area is 72.3 Å². The fraction of sp³-hybridized carbons (Fsp3) is 0.875. The van der Waals surface area contributed by atoms with Crippen LogP contribution in [0.1, 0.15) is 19.8 Å². The predicted octanol–water partition coefficient (Wildman–Crippen LogP) is -0.117. The summed E-state index contributed by atoms with van der Waals surface area (Å²) in [5, 5.41) is 8.55. The number of nitrogens with two attached hydrogens (primary N) is 1. The number of rotatable bonds is 3. The average molecular weight is 172 g/mol. The van der Waals surface area contributed by atoms with E-state index in [1.54, 1.807) is 0 Å². The second-order valence-electron chi connectivity index (χ2n) is 3.49. The standard InChI is InChI=1S/C8H16N2O2/c1-6(4-8(11)12)10-3-2-7(9)5-10/h6-7H,2-5,9H2,1H3,(H,11,12)/t6?,7-/m0/s1. The van der Waals surface area contributed by atoms with E-state index in [1.165, 1.54) is 0 Å². The predicted molar refractivity (Wildman–Crippen MR) is 45.9 cm³/mol. The van der Waals surface area contributed by atoms with E-state index in [1.807, 2.05) is 6.92 Å². The molecular weight excluding hydrogens is 156 g/mol. The van der Waals surface area contributed by atoms with E-state index < -0.39 is 5.97 Å². The molecule has 2 atom stereocenters. The zero-order valence-electron chi connectivity index (χ0n) is 7.36. The van der Waals surface area contributed by atoms with Gasteiger partial charge in [-0.1, -0.05) is 0 Å². The van der Waals surface area contributed by atoms with E-state index in [-0.39, 0.29) is 18.5 Å². The van der Waals surface area contributed by atoms with Crippen molar-refractivity contribution in [2.45, 2.75) is 31.8 Å². The van der Waals surface area contributed by atoms with Crippen molar-refractivity contribution >= 4 is 5.97 Å². The molecule has 1 heterocycles. The number of likely N-dealkylation sites (tertiary alicyclic amines) is 1. The van der Waals surface area contributed by atoms with Gasteiger partial charge in [0.05, 0.1) is 6.42 Å². The highest BCUT2D eigenvalue weighted by atomic mass is 16.4. The van der Waals surface area contributed by atoms with Crippen molar-refractivity contribution in [3.8, 4) is 0 Å². The molecule has 12 heavy (non-hydrogen) atoms. The van der Waals surface area contributed by atoms with Crippen LogP contribution in [-0.4, -0.2) is 41.1 Å². The second kappa shape index (κ2) is 3.87. The maximum atomic E-state index is 10.4. The number of aliphatic carboxylic acids is 1. The first kappa shape index (κ1) is 9.48. The third kappa shape index (κ3) is 2.46. The highest BCUT2D eigenvalue weighted by Crippen LogP contribution is 2.12. The Balaban J connectivity index is 2.32. The summed E-state index contributed by atoms with van der Waals surface area (Å²) in [4.78, 5) is 12.5. The number of hydrogen-bond donors (Lipinski definition) is 2. The minimum Gasteiger partial charge on any atom is -0.481 e. The Morgan fingerprint density at radius 2 is 2.50 bits per heavy atom. The molecule has 4 nitrogen and oxygen atoms in total. The number of hydrogen-bond acceptors (Lipinski definition) is 3. The van der Waals surface area contributed by atoms with Gasteiger partial charge in [-0.2, -0.15) is 0 Å². The lowest BCUT2D eigenvalue weighted by molar-refractivity contribution is -0.138. The molecule has 1 rings (SSSR count). The third-order valence-corrected chi connectivity index (χ3v) is 2.35. The molecule has 0 aromatic carbocycles. The Morgan fingerprint density at radius 3 is 2.92 bits per heavy atom. The SMILES string of the molecule is CC(CC(=O)O)N1CC[C@H](N)C1. The first-order chi connectivity index (χ1) is 5.59. The molecule has 70 valence electrons. The van der Waals surface area contributed by atoms with Crippen LogP contribution in [0.2, 0.25) is 0 Å². The van der Waals surface area contributed by atoms with Crippen LogP contribution in [0.3, 0.4) is 0 Å². The van der Waals surface area contributed by atoms with Gasteiger partial charge < -0.3 is 10.8 Å². The van der Waals surface area contributed by atoms with Crippen LogP contribution in [0.15, 0.2) is 0 Å². The summed E-state index contributed by atoms with van der Waals surface area (Å²) in [7, 11) is 0. The van der Waals surface area contributed by atoms with Crippen LogP contribution in [0.25, 0.3) is 0 Å². The van der Waals surface area contributed by atoms with Gasteiger partial charge in [0.15, 0.2) is 0 Å². The van der Waals surface area contributed by atoms with Crippen molar-refractivity contribution in [2.75, 3.05) is 13.1 Å². The number of carboxylic acids is 1. The molecule has 0 bridgehead atoms. The molecule has 0 aromatic heterocycles. The monoisotopic (exact) mass is 172 g/mol. The maximum absolute atomic E-state index is 10.4. The van der Waals surface area contributed by atoms with E-state index in [9.17, 15) is 4.79 Å². The van der Waals surface area contributed by atoms with Gasteiger partial charge in [0.2, 0.25) is 0 Å². The van der Waals surface area contributed by atoms with Gasteiger partial charge in [-0.15, -0.1) is 0 Å². The van der Waals surface area contributed by atoms with Crippen molar-refractivity contribution in [1.82, 2.24) is 4.90 Å². The van der Waals surface area contributed by atoms with Crippen LogP contribution in [0, 0.1) is 0 Å². The second-order valence-corrected chi connectivity index (χ2v) is 3.49. The van der Waals surface area contributed by atoms with Crippen molar-refractivity contribution in [3.05, 3.63) is 0 Å². The van der Waals surface area contributed by atoms with Crippen LogP contribution >= 0.6 is 0 Å². The summed E-state index contributed by atoms with van der Waals surface area (Å²) >= 11 is 0. The zero-order chi connectivity index (χ0) is 9.14. The molecule has 1 aliphatic heterocycles. The van der Waals surface area contributed by atoms with Gasteiger partial charge in [-0.05, 0) is 13.3 Å². The summed E-state index contributed by atoms with van der Waals surface area (Å²) in [6.07, 6.45) is 1.21. The molecule has 0 radical (unpaired) electrons. The molecule has 0 amide bonds. The first-order valence-corrected chi connectivity index (χ1v) is 4.31. The lowest BCUT2D eigenvalue weighted by Crippen LogP contribution is -2.35. The Bertz CT molecular complexity index is 172. The fourth-order valence-corrected chi connectivity index (χ4v) is 1.60. The molecule has 1 aliphatic rings. The van der Waals surface area contributed by atoms with Gasteiger partial charge in [0.25, 0.3) is 0 Å². The van der Waals surface area contributed by atoms with Gasteiger partial charge in [-0.25, -0.2) is 0 Å². The molecule has 1 unspecified atom stereocenters. The van der Waals surface area contributed by atoms with Crippen LogP contribution in [-0.2, 0) is 4.79 Å². The summed E-state index contributed by atoms with van der Waals surface area (Å²) in [5.41, 5.74) is 5.70. The normalized spacial score (nSPS) is 27.3. The number of nitrogens with zero attached hydrogens (tertiary/aromatic N) is 1. The summed E-state index contributed by atoms with van der Waals surface area (Å²) < 4.78 is 0. The lowest BCUT2D eigenvalue weighted by atomic mass is 10.2. The van der Waals surface area contributed by atoms with Gasteiger partial charge in [-0.3, -0.25) is 9.69 Å². The van der Waals surface area contributed by atoms with Crippen molar-refractivity contribution in [2.24, 2.45) is 5.73 Å². The van der Waals surface area contributed by atoms with Crippen LogP contribution in [0.5, 0.6) is 0 Å². The first-order valence-electron chi connectivity index (χ1n) is 4.31. The highest BCUT2D eigenvalue weighted by molar-refractivity contribution is 5.67. The molecule has 0 aromatic rings. The lowest BCUT2D eigenvalue weighted by Gasteiger charge is -2.22. The number of carboxylic acid groups (broad SMARTS) is 1. The maximum Gasteiger partial charge on any atom is 0.304 e. The van der Waals surface area contributed by atoms with Crippen molar-refractivity contribution < 1.29 is 9.90 Å². The minimum atomic E-state index is -0.733. The molecule has 0 spiro atoms. The zero-order valence-corrected chi connectivity index (χ0v) is 7.36. The Kier molecular flexibility index (Phi) is 3.05. The molecule has 4 heteroatoms. The van der Waals surface area contributed by atoms with Gasteiger partial charge >= 0.3 is 5.97 Å². The summed E-state index contributed by atoms with van der Waals surface area (Å²) in [6.45, 7) is 3.72. The Hall–Kier alpha value is -0.610. The molecule has 1 fully saturated rings. The van der Waals surface area contributed by atoms with Crippen LogP contribution < -0.4 is 5.73 Å². The summed E-state index contributed by atoms with van der Waals surface area (Å²) in [5.74, 6) is -0.733. The van der Waals surface area contributed by atoms with Crippen molar-refractivity contribution in [3.63, 3.8) is 0 Å². The minimum absolute atomic E-state index is 0.121. The van der Waals surface area contributed by atoms with Crippen LogP contribution in [0.4, 0.5) is 0 Å². The van der Waals surface area contributed by atoms with E-state index in [0.717, 1.165) is 19.5 Å². The topological polar surface area (TPSA) is 66.6 Å². The fourth-order valence-electron chi connectivity index (χ4n) is 1.60. The van der Waals surface area contributed by atoms with Gasteiger partial charge in [0, 0.05) is 25.2 Å². The van der Waals surface area contributed by atoms with Crippen molar-refractivity contribution in [1.29, 1.82) is 0 Å². The molecule has 3 N–H and O–H groups in total. The van der Waals surface area contributed by atoms with Gasteiger partial charge in [0.1, 0.15) is 0 Å². The molecule has 0 aliphatic carbocycles. The highest BCUT2D eigenvalue weighted by Gasteiger charge is 2.24. The third-order valence-electron chi connectivity index (χ3n) is 2.35. The van der Waals surface area contributed by atoms with E-state index in [0.29, 0.717) is 0 Å². The molecule has 0 saturated carbocycles. The quantitative estimate of drug-likeness (QED) is 0.623. The molecule has 1 saturated heterocycles. The summed E-state index contributed by atoms with van der Waals surface area (Å²) in [6, 6.07) is 0.359. The Morgan fingerprint density at radius 1 is 1.83 bits per heavy atom. The smallest absolute Gasteiger partial charge is 0.304 e. The van der Waals surface area contributed by atoms with E-state index in [2.05, 4.69) is 4.90 Å². The average Bonchev–Trinajstić information content (AvgIpc) is 2.34.